The Hall–Kier alpha value is -1.13. The van der Waals surface area contributed by atoms with Crippen LogP contribution in [0, 0.1) is 5.92 Å². The molecule has 2 heterocycles. The van der Waals surface area contributed by atoms with Gasteiger partial charge in [0.1, 0.15) is 5.82 Å². The Balaban J connectivity index is 1.92. The molecule has 4 heteroatoms. The van der Waals surface area contributed by atoms with Gasteiger partial charge in [-0.25, -0.2) is 4.98 Å². The van der Waals surface area contributed by atoms with E-state index < -0.39 is 0 Å². The molecule has 1 aliphatic rings. The van der Waals surface area contributed by atoms with Crippen molar-refractivity contribution in [1.29, 1.82) is 0 Å². The average Bonchev–Trinajstić information content (AvgIpc) is 2.78. The number of nitrogens with zero attached hydrogens (tertiary/aromatic N) is 2. The highest BCUT2D eigenvalue weighted by molar-refractivity contribution is 5.35. The summed E-state index contributed by atoms with van der Waals surface area (Å²) < 4.78 is 0. The van der Waals surface area contributed by atoms with Crippen molar-refractivity contribution in [3.63, 3.8) is 0 Å². The number of pyridine rings is 1. The molecule has 1 aliphatic heterocycles. The molecule has 0 saturated carbocycles. The van der Waals surface area contributed by atoms with Crippen LogP contribution in [-0.2, 0) is 6.54 Å². The number of nitrogens with one attached hydrogen (secondary N) is 1. The summed E-state index contributed by atoms with van der Waals surface area (Å²) in [4.78, 5) is 6.79. The van der Waals surface area contributed by atoms with E-state index in [9.17, 15) is 5.11 Å². The topological polar surface area (TPSA) is 48.4 Å². The summed E-state index contributed by atoms with van der Waals surface area (Å²) >= 11 is 0. The number of anilines is 1. The highest BCUT2D eigenvalue weighted by Crippen LogP contribution is 2.25. The first-order chi connectivity index (χ1) is 9.24. The van der Waals surface area contributed by atoms with Crippen molar-refractivity contribution in [3.05, 3.63) is 23.9 Å². The van der Waals surface area contributed by atoms with Crippen molar-refractivity contribution < 1.29 is 5.11 Å². The van der Waals surface area contributed by atoms with Crippen molar-refractivity contribution in [2.24, 2.45) is 5.92 Å². The molecular weight excluding hydrogens is 238 g/mol. The zero-order chi connectivity index (χ0) is 13.7. The van der Waals surface area contributed by atoms with Gasteiger partial charge in [0.05, 0.1) is 6.61 Å². The highest BCUT2D eigenvalue weighted by Gasteiger charge is 2.30. The van der Waals surface area contributed by atoms with Crippen molar-refractivity contribution in [2.45, 2.75) is 39.3 Å². The van der Waals surface area contributed by atoms with Gasteiger partial charge < -0.3 is 10.4 Å². The van der Waals surface area contributed by atoms with Crippen LogP contribution in [0.25, 0.3) is 0 Å². The minimum absolute atomic E-state index is 0.255. The predicted octanol–water partition coefficient (Wildman–Crippen LogP) is 2.11. The molecule has 4 nitrogen and oxygen atoms in total. The van der Waals surface area contributed by atoms with E-state index in [2.05, 4.69) is 35.1 Å². The predicted molar refractivity (Wildman–Crippen MR) is 78.1 cm³/mol. The number of aliphatic hydroxyl groups excluding tert-OH is 1. The van der Waals surface area contributed by atoms with E-state index in [1.165, 1.54) is 12.0 Å². The monoisotopic (exact) mass is 263 g/mol. The Morgan fingerprint density at radius 1 is 1.47 bits per heavy atom. The van der Waals surface area contributed by atoms with Gasteiger partial charge in [-0.1, -0.05) is 19.9 Å². The largest absolute Gasteiger partial charge is 0.395 e. The van der Waals surface area contributed by atoms with E-state index in [1.807, 2.05) is 12.3 Å². The lowest BCUT2D eigenvalue weighted by Crippen LogP contribution is -2.34. The Bertz CT molecular complexity index is 379. The van der Waals surface area contributed by atoms with Crippen LogP contribution in [0.3, 0.4) is 0 Å². The third-order valence-corrected chi connectivity index (χ3v) is 3.95. The van der Waals surface area contributed by atoms with E-state index in [-0.39, 0.29) is 6.61 Å². The van der Waals surface area contributed by atoms with Crippen molar-refractivity contribution in [3.8, 4) is 0 Å². The zero-order valence-corrected chi connectivity index (χ0v) is 12.0. The average molecular weight is 263 g/mol. The maximum atomic E-state index is 9.46. The quantitative estimate of drug-likeness (QED) is 0.825. The van der Waals surface area contributed by atoms with Gasteiger partial charge in [0.25, 0.3) is 0 Å². The molecule has 0 amide bonds. The van der Waals surface area contributed by atoms with Gasteiger partial charge in [-0.05, 0) is 36.9 Å². The summed E-state index contributed by atoms with van der Waals surface area (Å²) in [7, 11) is 0. The van der Waals surface area contributed by atoms with Gasteiger partial charge in [0, 0.05) is 25.3 Å². The molecular formula is C15H25N3O. The molecule has 1 saturated heterocycles. The van der Waals surface area contributed by atoms with E-state index in [1.54, 1.807) is 0 Å². The van der Waals surface area contributed by atoms with Crippen LogP contribution in [0.15, 0.2) is 18.3 Å². The molecule has 0 bridgehead atoms. The molecule has 0 spiro atoms. The second kappa shape index (κ2) is 6.87. The maximum absolute atomic E-state index is 9.46. The Morgan fingerprint density at radius 2 is 2.32 bits per heavy atom. The first kappa shape index (κ1) is 14.3. The minimum Gasteiger partial charge on any atom is -0.395 e. The Labute approximate surface area is 115 Å². The van der Waals surface area contributed by atoms with Gasteiger partial charge in [-0.3, -0.25) is 4.90 Å². The fraction of sp³-hybridized carbons (Fsp3) is 0.667. The van der Waals surface area contributed by atoms with Crippen molar-refractivity contribution in [1.82, 2.24) is 9.88 Å². The SMILES string of the molecule is CCCNc1ccc(CN2CCC(C)C2CO)cn1. The molecule has 1 aromatic rings. The molecule has 19 heavy (non-hydrogen) atoms. The summed E-state index contributed by atoms with van der Waals surface area (Å²) in [6, 6.07) is 4.47. The molecule has 2 rings (SSSR count). The fourth-order valence-corrected chi connectivity index (χ4v) is 2.69. The van der Waals surface area contributed by atoms with E-state index in [4.69, 9.17) is 0 Å². The number of likely N-dealkylation sites (tertiary alicyclic amines) is 1. The lowest BCUT2D eigenvalue weighted by Gasteiger charge is -2.24. The van der Waals surface area contributed by atoms with Crippen molar-refractivity contribution in [2.75, 3.05) is 25.0 Å². The third kappa shape index (κ3) is 3.67. The first-order valence-corrected chi connectivity index (χ1v) is 7.28. The standard InChI is InChI=1S/C15H25N3O/c1-3-7-16-15-5-4-13(9-17-15)10-18-8-6-12(2)14(18)11-19/h4-5,9,12,14,19H,3,6-8,10-11H2,1-2H3,(H,16,17). The molecule has 1 fully saturated rings. The Kier molecular flexibility index (Phi) is 5.16. The zero-order valence-electron chi connectivity index (χ0n) is 12.0. The van der Waals surface area contributed by atoms with Gasteiger partial charge in [-0.2, -0.15) is 0 Å². The molecule has 2 N–H and O–H groups in total. The second-order valence-electron chi connectivity index (χ2n) is 5.46. The third-order valence-electron chi connectivity index (χ3n) is 3.95. The van der Waals surface area contributed by atoms with Crippen LogP contribution in [0.5, 0.6) is 0 Å². The molecule has 0 aromatic carbocycles. The van der Waals surface area contributed by atoms with E-state index in [0.717, 1.165) is 31.9 Å². The number of hydrogen-bond donors (Lipinski definition) is 2. The lowest BCUT2D eigenvalue weighted by molar-refractivity contribution is 0.134. The molecule has 0 aliphatic carbocycles. The van der Waals surface area contributed by atoms with Crippen molar-refractivity contribution >= 4 is 5.82 Å². The number of rotatable bonds is 6. The Morgan fingerprint density at radius 3 is 2.95 bits per heavy atom. The summed E-state index contributed by atoms with van der Waals surface area (Å²) in [5.41, 5.74) is 1.22. The summed E-state index contributed by atoms with van der Waals surface area (Å²) in [6.45, 7) is 7.54. The van der Waals surface area contributed by atoms with Gasteiger partial charge in [0.2, 0.25) is 0 Å². The van der Waals surface area contributed by atoms with Crippen LogP contribution >= 0.6 is 0 Å². The number of hydrogen-bond acceptors (Lipinski definition) is 4. The van der Waals surface area contributed by atoms with Gasteiger partial charge >= 0.3 is 0 Å². The molecule has 1 aromatic heterocycles. The van der Waals surface area contributed by atoms with Crippen LogP contribution in [-0.4, -0.2) is 40.7 Å². The first-order valence-electron chi connectivity index (χ1n) is 7.28. The summed E-state index contributed by atoms with van der Waals surface area (Å²) in [6.07, 6.45) is 4.22. The van der Waals surface area contributed by atoms with Crippen LogP contribution in [0.4, 0.5) is 5.82 Å². The molecule has 106 valence electrons. The molecule has 2 atom stereocenters. The highest BCUT2D eigenvalue weighted by atomic mass is 16.3. The van der Waals surface area contributed by atoms with Crippen LogP contribution in [0.2, 0.25) is 0 Å². The molecule has 2 unspecified atom stereocenters. The normalized spacial score (nSPS) is 23.7. The van der Waals surface area contributed by atoms with E-state index >= 15 is 0 Å². The smallest absolute Gasteiger partial charge is 0.125 e. The lowest BCUT2D eigenvalue weighted by atomic mass is 10.0. The number of aliphatic hydroxyl groups is 1. The maximum Gasteiger partial charge on any atom is 0.125 e. The van der Waals surface area contributed by atoms with Crippen LogP contribution in [0.1, 0.15) is 32.3 Å². The van der Waals surface area contributed by atoms with Gasteiger partial charge in [-0.15, -0.1) is 0 Å². The summed E-state index contributed by atoms with van der Waals surface area (Å²) in [5.74, 6) is 1.53. The second-order valence-corrected chi connectivity index (χ2v) is 5.46. The minimum atomic E-state index is 0.255. The van der Waals surface area contributed by atoms with Gasteiger partial charge in [0.15, 0.2) is 0 Å². The number of aromatic nitrogens is 1. The summed E-state index contributed by atoms with van der Waals surface area (Å²) in [5, 5.41) is 12.7. The fourth-order valence-electron chi connectivity index (χ4n) is 2.69. The molecule has 0 radical (unpaired) electrons. The van der Waals surface area contributed by atoms with Crippen LogP contribution < -0.4 is 5.32 Å². The van der Waals surface area contributed by atoms with E-state index in [0.29, 0.717) is 12.0 Å².